The molecule has 0 bridgehead atoms. The summed E-state index contributed by atoms with van der Waals surface area (Å²) < 4.78 is 0. The summed E-state index contributed by atoms with van der Waals surface area (Å²) in [6.45, 7) is 4.07. The van der Waals surface area contributed by atoms with Gasteiger partial charge in [-0.15, -0.1) is 0 Å². The minimum atomic E-state index is -0.769. The van der Waals surface area contributed by atoms with Crippen LogP contribution < -0.4 is 0 Å². The van der Waals surface area contributed by atoms with Crippen LogP contribution in [0.5, 0.6) is 0 Å². The van der Waals surface area contributed by atoms with Crippen molar-refractivity contribution in [1.29, 1.82) is 0 Å². The Morgan fingerprint density at radius 1 is 1.50 bits per heavy atom. The first-order valence-electron chi connectivity index (χ1n) is 2.77. The highest BCUT2D eigenvalue weighted by Gasteiger charge is 1.97. The fraction of sp³-hybridized carbons (Fsp3) is 1.00. The molecular weight excluding hydrogens is 108 g/mol. The van der Waals surface area contributed by atoms with E-state index in [2.05, 4.69) is 9.78 Å². The van der Waals surface area contributed by atoms with Crippen molar-refractivity contribution in [3.05, 3.63) is 0 Å². The van der Waals surface area contributed by atoms with E-state index in [0.717, 1.165) is 0 Å². The van der Waals surface area contributed by atoms with Crippen molar-refractivity contribution in [1.82, 2.24) is 0 Å². The van der Waals surface area contributed by atoms with Crippen LogP contribution in [0.25, 0.3) is 0 Å². The Labute approximate surface area is 49.1 Å². The van der Waals surface area contributed by atoms with Gasteiger partial charge >= 0.3 is 0 Å². The smallest absolute Gasteiger partial charge is 0.188 e. The van der Waals surface area contributed by atoms with Crippen molar-refractivity contribution in [3.8, 4) is 0 Å². The number of hydrogen-bond donors (Lipinski definition) is 1. The van der Waals surface area contributed by atoms with Gasteiger partial charge in [-0.3, -0.25) is 0 Å². The Balaban J connectivity index is 2.86. The SMILES string of the molecule is CCOO[C@@H](O)CC. The zero-order chi connectivity index (χ0) is 6.41. The molecule has 0 radical (unpaired) electrons. The molecule has 0 aliphatic heterocycles. The lowest BCUT2D eigenvalue weighted by atomic mass is 10.5. The van der Waals surface area contributed by atoms with Gasteiger partial charge in [-0.05, 0) is 13.3 Å². The van der Waals surface area contributed by atoms with Crippen LogP contribution in [0.4, 0.5) is 0 Å². The minimum absolute atomic E-state index is 0.469. The highest BCUT2D eigenvalue weighted by molar-refractivity contribution is 4.25. The predicted molar refractivity (Wildman–Crippen MR) is 29.0 cm³/mol. The van der Waals surface area contributed by atoms with Crippen LogP contribution in [0.2, 0.25) is 0 Å². The zero-order valence-electron chi connectivity index (χ0n) is 5.26. The predicted octanol–water partition coefficient (Wildman–Crippen LogP) is 0.683. The van der Waals surface area contributed by atoms with E-state index in [1.165, 1.54) is 0 Å². The molecule has 0 saturated heterocycles. The number of aliphatic hydroxyl groups excluding tert-OH is 1. The minimum Gasteiger partial charge on any atom is -0.366 e. The zero-order valence-corrected chi connectivity index (χ0v) is 5.26. The fourth-order valence-electron chi connectivity index (χ4n) is 0.215. The van der Waals surface area contributed by atoms with Crippen LogP contribution in [-0.4, -0.2) is 18.0 Å². The Hall–Kier alpha value is -0.120. The molecule has 1 N–H and O–H groups in total. The summed E-state index contributed by atoms with van der Waals surface area (Å²) in [6, 6.07) is 0. The monoisotopic (exact) mass is 120 g/mol. The standard InChI is InChI=1S/C5H12O3/c1-3-5(6)8-7-4-2/h5-6H,3-4H2,1-2H3/t5-/m1/s1. The van der Waals surface area contributed by atoms with Crippen molar-refractivity contribution in [2.75, 3.05) is 6.61 Å². The van der Waals surface area contributed by atoms with Gasteiger partial charge < -0.3 is 5.11 Å². The van der Waals surface area contributed by atoms with Gasteiger partial charge in [-0.2, -0.15) is 0 Å². The molecule has 3 heteroatoms. The summed E-state index contributed by atoms with van der Waals surface area (Å²) in [5.41, 5.74) is 0. The van der Waals surface area contributed by atoms with E-state index < -0.39 is 6.29 Å². The molecule has 0 heterocycles. The fourth-order valence-corrected chi connectivity index (χ4v) is 0.215. The van der Waals surface area contributed by atoms with Gasteiger partial charge in [-0.1, -0.05) is 6.92 Å². The normalized spacial score (nSPS) is 13.9. The number of hydrogen-bond acceptors (Lipinski definition) is 3. The van der Waals surface area contributed by atoms with E-state index in [9.17, 15) is 0 Å². The van der Waals surface area contributed by atoms with Crippen LogP contribution in [0.3, 0.4) is 0 Å². The molecule has 0 aliphatic rings. The summed E-state index contributed by atoms with van der Waals surface area (Å²) in [5.74, 6) is 0. The van der Waals surface area contributed by atoms with Gasteiger partial charge in [0.25, 0.3) is 0 Å². The summed E-state index contributed by atoms with van der Waals surface area (Å²) in [6.07, 6.45) is -0.213. The van der Waals surface area contributed by atoms with Crippen molar-refractivity contribution in [2.24, 2.45) is 0 Å². The molecule has 0 rings (SSSR count). The van der Waals surface area contributed by atoms with Gasteiger partial charge in [-0.25, -0.2) is 9.78 Å². The summed E-state index contributed by atoms with van der Waals surface area (Å²) in [5, 5.41) is 8.64. The quantitative estimate of drug-likeness (QED) is 0.337. The van der Waals surface area contributed by atoms with Gasteiger partial charge in [0.2, 0.25) is 0 Å². The molecule has 0 amide bonds. The molecule has 8 heavy (non-hydrogen) atoms. The topological polar surface area (TPSA) is 38.7 Å². The molecule has 0 spiro atoms. The molecule has 0 aliphatic carbocycles. The lowest BCUT2D eigenvalue weighted by Gasteiger charge is -2.05. The second kappa shape index (κ2) is 5.03. The van der Waals surface area contributed by atoms with Crippen LogP contribution in [0, 0.1) is 0 Å². The van der Waals surface area contributed by atoms with Crippen molar-refractivity contribution >= 4 is 0 Å². The first-order chi connectivity index (χ1) is 3.81. The van der Waals surface area contributed by atoms with Gasteiger partial charge in [0.05, 0.1) is 6.61 Å². The maximum absolute atomic E-state index is 8.64. The maximum Gasteiger partial charge on any atom is 0.188 e. The molecule has 0 fully saturated rings. The van der Waals surface area contributed by atoms with E-state index in [0.29, 0.717) is 13.0 Å². The van der Waals surface area contributed by atoms with E-state index in [1.807, 2.05) is 6.92 Å². The summed E-state index contributed by atoms with van der Waals surface area (Å²) >= 11 is 0. The summed E-state index contributed by atoms with van der Waals surface area (Å²) in [4.78, 5) is 8.83. The molecule has 0 saturated carbocycles. The first kappa shape index (κ1) is 7.88. The molecule has 1 atom stereocenters. The second-order valence-corrected chi connectivity index (χ2v) is 1.37. The van der Waals surface area contributed by atoms with Crippen molar-refractivity contribution in [2.45, 2.75) is 26.6 Å². The van der Waals surface area contributed by atoms with Crippen LogP contribution in [-0.2, 0) is 9.78 Å². The Morgan fingerprint density at radius 3 is 2.50 bits per heavy atom. The van der Waals surface area contributed by atoms with Gasteiger partial charge in [0.15, 0.2) is 6.29 Å². The second-order valence-electron chi connectivity index (χ2n) is 1.37. The van der Waals surface area contributed by atoms with E-state index >= 15 is 0 Å². The third-order valence-corrected chi connectivity index (χ3v) is 0.646. The lowest BCUT2D eigenvalue weighted by Crippen LogP contribution is -2.10. The van der Waals surface area contributed by atoms with Crippen molar-refractivity contribution in [3.63, 3.8) is 0 Å². The van der Waals surface area contributed by atoms with Gasteiger partial charge in [0, 0.05) is 0 Å². The van der Waals surface area contributed by atoms with Crippen molar-refractivity contribution < 1.29 is 14.9 Å². The van der Waals surface area contributed by atoms with Crippen LogP contribution in [0.15, 0.2) is 0 Å². The van der Waals surface area contributed by atoms with Gasteiger partial charge in [0.1, 0.15) is 0 Å². The first-order valence-corrected chi connectivity index (χ1v) is 2.77. The molecule has 0 aromatic carbocycles. The third kappa shape index (κ3) is 4.05. The molecule has 0 unspecified atom stereocenters. The maximum atomic E-state index is 8.64. The molecule has 0 aromatic heterocycles. The van der Waals surface area contributed by atoms with E-state index in [-0.39, 0.29) is 0 Å². The summed E-state index contributed by atoms with van der Waals surface area (Å²) in [7, 11) is 0. The largest absolute Gasteiger partial charge is 0.366 e. The molecule has 50 valence electrons. The number of aliphatic hydroxyl groups is 1. The Bertz CT molecular complexity index is 46.9. The third-order valence-electron chi connectivity index (χ3n) is 0.646. The van der Waals surface area contributed by atoms with E-state index in [1.54, 1.807) is 6.92 Å². The average Bonchev–Trinajstić information content (AvgIpc) is 1.83. The van der Waals surface area contributed by atoms with Crippen LogP contribution >= 0.6 is 0 Å². The van der Waals surface area contributed by atoms with E-state index in [4.69, 9.17) is 5.11 Å². The lowest BCUT2D eigenvalue weighted by molar-refractivity contribution is -0.367. The molecule has 0 aromatic rings. The Morgan fingerprint density at radius 2 is 2.12 bits per heavy atom. The number of rotatable bonds is 4. The van der Waals surface area contributed by atoms with Crippen LogP contribution in [0.1, 0.15) is 20.3 Å². The Kier molecular flexibility index (Phi) is 4.95. The highest BCUT2D eigenvalue weighted by atomic mass is 17.2. The highest BCUT2D eigenvalue weighted by Crippen LogP contribution is 1.91. The molecule has 3 nitrogen and oxygen atoms in total. The molecular formula is C5H12O3. The average molecular weight is 120 g/mol.